The topological polar surface area (TPSA) is 123 Å². The van der Waals surface area contributed by atoms with Crippen molar-refractivity contribution in [3.63, 3.8) is 0 Å². The number of aromatic nitrogens is 4. The largest absolute Gasteiger partial charge is 0.444 e. The molecule has 0 radical (unpaired) electrons. The fourth-order valence-electron chi connectivity index (χ4n) is 5.29. The molecule has 0 unspecified atom stereocenters. The Morgan fingerprint density at radius 3 is 2.52 bits per heavy atom. The SMILES string of the molecule is CCc1c(N2CC(N(C)C(=O)OC(C)(C)C)C2)c(=O)n2nc(C3=CCOCC3)nc2n1CC(=O)Nc1ccc(C(F)(F)F)cc1Cl. The first-order chi connectivity index (χ1) is 21.6. The van der Waals surface area contributed by atoms with Gasteiger partial charge in [-0.3, -0.25) is 9.59 Å². The molecule has 0 atom stereocenters. The van der Waals surface area contributed by atoms with Crippen molar-refractivity contribution in [2.75, 3.05) is 43.6 Å². The Morgan fingerprint density at radius 2 is 1.93 bits per heavy atom. The average Bonchev–Trinajstić information content (AvgIpc) is 3.40. The number of alkyl halides is 3. The summed E-state index contributed by atoms with van der Waals surface area (Å²) < 4.78 is 53.0. The number of amides is 2. The van der Waals surface area contributed by atoms with Gasteiger partial charge in [0.15, 0.2) is 5.82 Å². The maximum atomic E-state index is 14.0. The first-order valence-corrected chi connectivity index (χ1v) is 15.1. The van der Waals surface area contributed by atoms with Crippen molar-refractivity contribution >= 4 is 46.3 Å². The van der Waals surface area contributed by atoms with Gasteiger partial charge in [-0.1, -0.05) is 24.6 Å². The minimum absolute atomic E-state index is 0.000265. The molecule has 16 heteroatoms. The smallest absolute Gasteiger partial charge is 0.416 e. The molecule has 3 aromatic rings. The molecule has 2 aliphatic rings. The molecule has 2 aromatic heterocycles. The molecule has 0 aliphatic carbocycles. The molecular formula is C30H35ClF3N7O5. The third-order valence-corrected chi connectivity index (χ3v) is 8.00. The van der Waals surface area contributed by atoms with E-state index >= 15 is 0 Å². The Morgan fingerprint density at radius 1 is 1.22 bits per heavy atom. The van der Waals surface area contributed by atoms with Crippen LogP contribution in [0.5, 0.6) is 0 Å². The van der Waals surface area contributed by atoms with E-state index in [2.05, 4.69) is 15.4 Å². The lowest BCUT2D eigenvalue weighted by molar-refractivity contribution is -0.137. The van der Waals surface area contributed by atoms with Gasteiger partial charge in [0, 0.05) is 20.1 Å². The van der Waals surface area contributed by atoms with Crippen LogP contribution >= 0.6 is 11.6 Å². The van der Waals surface area contributed by atoms with E-state index in [0.29, 0.717) is 56.4 Å². The summed E-state index contributed by atoms with van der Waals surface area (Å²) in [6.07, 6.45) is -2.37. The van der Waals surface area contributed by atoms with E-state index < -0.39 is 34.9 Å². The zero-order valence-electron chi connectivity index (χ0n) is 26.1. The molecule has 0 bridgehead atoms. The number of hydrogen-bond donors (Lipinski definition) is 1. The lowest BCUT2D eigenvalue weighted by Crippen LogP contribution is -2.61. The number of ether oxygens (including phenoxy) is 2. The predicted molar refractivity (Wildman–Crippen MR) is 165 cm³/mol. The van der Waals surface area contributed by atoms with Crippen molar-refractivity contribution in [3.8, 4) is 0 Å². The van der Waals surface area contributed by atoms with Gasteiger partial charge in [0.05, 0.1) is 41.2 Å². The highest BCUT2D eigenvalue weighted by Crippen LogP contribution is 2.34. The maximum Gasteiger partial charge on any atom is 0.416 e. The first kappa shape index (κ1) is 33.3. The van der Waals surface area contributed by atoms with Crippen molar-refractivity contribution in [2.45, 2.75) is 64.9 Å². The molecule has 46 heavy (non-hydrogen) atoms. The lowest BCUT2D eigenvalue weighted by Gasteiger charge is -2.45. The third-order valence-electron chi connectivity index (χ3n) is 7.69. The molecule has 5 rings (SSSR count). The van der Waals surface area contributed by atoms with E-state index in [1.54, 1.807) is 32.4 Å². The van der Waals surface area contributed by atoms with Gasteiger partial charge < -0.3 is 29.2 Å². The highest BCUT2D eigenvalue weighted by atomic mass is 35.5. The van der Waals surface area contributed by atoms with Crippen molar-refractivity contribution in [3.05, 3.63) is 56.7 Å². The van der Waals surface area contributed by atoms with Crippen LogP contribution in [0.2, 0.25) is 5.02 Å². The molecule has 2 amide bonds. The number of anilines is 2. The number of halogens is 4. The second-order valence-electron chi connectivity index (χ2n) is 12.1. The van der Waals surface area contributed by atoms with Crippen LogP contribution in [0.3, 0.4) is 0 Å². The first-order valence-electron chi connectivity index (χ1n) is 14.7. The van der Waals surface area contributed by atoms with E-state index in [0.717, 1.165) is 28.3 Å². The van der Waals surface area contributed by atoms with E-state index in [-0.39, 0.29) is 29.1 Å². The molecule has 1 fully saturated rings. The lowest BCUT2D eigenvalue weighted by atomic mass is 10.1. The van der Waals surface area contributed by atoms with E-state index in [1.807, 2.05) is 17.9 Å². The highest BCUT2D eigenvalue weighted by molar-refractivity contribution is 6.33. The zero-order valence-corrected chi connectivity index (χ0v) is 26.8. The Kier molecular flexibility index (Phi) is 9.10. The molecule has 1 aromatic carbocycles. The molecule has 1 N–H and O–H groups in total. The Hall–Kier alpha value is -4.11. The van der Waals surface area contributed by atoms with E-state index in [9.17, 15) is 27.6 Å². The van der Waals surface area contributed by atoms with Gasteiger partial charge in [0.2, 0.25) is 11.7 Å². The van der Waals surface area contributed by atoms with Gasteiger partial charge in [-0.2, -0.15) is 22.7 Å². The van der Waals surface area contributed by atoms with Crippen LogP contribution in [0.15, 0.2) is 29.1 Å². The minimum atomic E-state index is -4.59. The number of benzene rings is 1. The fraction of sp³-hybridized carbons (Fsp3) is 0.500. The Bertz CT molecular complexity index is 1760. The Labute approximate surface area is 267 Å². The molecular weight excluding hydrogens is 631 g/mol. The van der Waals surface area contributed by atoms with Crippen LogP contribution in [0, 0.1) is 0 Å². The molecule has 12 nitrogen and oxygen atoms in total. The minimum Gasteiger partial charge on any atom is -0.444 e. The van der Waals surface area contributed by atoms with Crippen molar-refractivity contribution < 1.29 is 32.2 Å². The summed E-state index contributed by atoms with van der Waals surface area (Å²) >= 11 is 6.09. The quantitative estimate of drug-likeness (QED) is 0.388. The molecule has 4 heterocycles. The number of carbonyl (C=O) groups is 2. The summed E-state index contributed by atoms with van der Waals surface area (Å²) in [6, 6.07) is 2.43. The van der Waals surface area contributed by atoms with E-state index in [4.69, 9.17) is 21.1 Å². The van der Waals surface area contributed by atoms with Crippen molar-refractivity contribution in [2.24, 2.45) is 0 Å². The molecule has 248 valence electrons. The molecule has 0 saturated carbocycles. The van der Waals surface area contributed by atoms with Gasteiger partial charge in [-0.05, 0) is 57.4 Å². The number of rotatable bonds is 7. The zero-order chi connectivity index (χ0) is 33.6. The second kappa shape index (κ2) is 12.6. The maximum absolute atomic E-state index is 14.0. The van der Waals surface area contributed by atoms with Crippen LogP contribution in [0.1, 0.15) is 51.2 Å². The summed E-state index contributed by atoms with van der Waals surface area (Å²) in [6.45, 7) is 8.34. The van der Waals surface area contributed by atoms with Crippen LogP contribution < -0.4 is 15.8 Å². The van der Waals surface area contributed by atoms with Crippen molar-refractivity contribution in [1.82, 2.24) is 24.1 Å². The number of nitrogens with zero attached hydrogens (tertiary/aromatic N) is 6. The van der Waals surface area contributed by atoms with Crippen LogP contribution in [-0.4, -0.2) is 81.1 Å². The number of hydrogen-bond acceptors (Lipinski definition) is 8. The summed E-state index contributed by atoms with van der Waals surface area (Å²) in [4.78, 5) is 47.9. The number of nitrogens with one attached hydrogen (secondary N) is 1. The molecule has 2 aliphatic heterocycles. The number of fused-ring (bicyclic) bond motifs is 1. The average molecular weight is 666 g/mol. The number of likely N-dealkylation sites (N-methyl/N-ethyl adjacent to an activating group) is 1. The van der Waals surface area contributed by atoms with Gasteiger partial charge in [-0.15, -0.1) is 5.10 Å². The van der Waals surface area contributed by atoms with Crippen molar-refractivity contribution in [1.29, 1.82) is 0 Å². The van der Waals surface area contributed by atoms with Crippen LogP contribution in [-0.2, 0) is 33.4 Å². The summed E-state index contributed by atoms with van der Waals surface area (Å²) in [7, 11) is 1.64. The summed E-state index contributed by atoms with van der Waals surface area (Å²) in [5, 5.41) is 6.81. The standard InChI is InChI=1S/C30H35ClF3N7O5/c1-6-22-24(39-14-19(15-39)38(5)28(44)46-29(2,3)4)26(43)41-27(36-25(37-41)17-9-11-45-12-10-17)40(22)16-23(42)35-21-8-7-18(13-20(21)31)30(32,33)34/h7-9,13,19H,6,10-12,14-16H2,1-5H3,(H,35,42). The Balaban J connectivity index is 1.50. The monoisotopic (exact) mass is 665 g/mol. The van der Waals surface area contributed by atoms with Crippen LogP contribution in [0.4, 0.5) is 29.3 Å². The highest BCUT2D eigenvalue weighted by Gasteiger charge is 2.38. The van der Waals surface area contributed by atoms with Gasteiger partial charge in [0.25, 0.3) is 5.56 Å². The van der Waals surface area contributed by atoms with Gasteiger partial charge >= 0.3 is 12.3 Å². The van der Waals surface area contributed by atoms with Gasteiger partial charge in [-0.25, -0.2) is 4.79 Å². The van der Waals surface area contributed by atoms with E-state index in [1.165, 1.54) is 4.90 Å². The predicted octanol–water partition coefficient (Wildman–Crippen LogP) is 4.62. The second-order valence-corrected chi connectivity index (χ2v) is 12.5. The normalized spacial score (nSPS) is 15.8. The summed E-state index contributed by atoms with van der Waals surface area (Å²) in [5.74, 6) is -0.149. The molecule has 0 spiro atoms. The van der Waals surface area contributed by atoms with Gasteiger partial charge in [0.1, 0.15) is 17.8 Å². The molecule has 1 saturated heterocycles. The van der Waals surface area contributed by atoms with Crippen LogP contribution in [0.25, 0.3) is 11.4 Å². The fourth-order valence-corrected chi connectivity index (χ4v) is 5.52. The number of carbonyl (C=O) groups excluding carboxylic acids is 2. The third kappa shape index (κ3) is 6.84. The summed E-state index contributed by atoms with van der Waals surface area (Å²) in [5.41, 5.74) is -0.437.